The molecule has 0 amide bonds. The molecule has 4 heteroatoms. The Morgan fingerprint density at radius 3 is 2.73 bits per heavy atom. The third-order valence-electron chi connectivity index (χ3n) is 2.10. The molecule has 1 aromatic carbocycles. The molecule has 0 saturated heterocycles. The maximum atomic E-state index is 8.82. The largest absolute Gasteiger partial charge is 0.323 e. The minimum absolute atomic E-state index is 0.0932. The third kappa shape index (κ3) is 3.21. The fourth-order valence-corrected chi connectivity index (χ4v) is 1.52. The number of benzene rings is 1. The number of hydrogen-bond donors (Lipinski definition) is 1. The minimum atomic E-state index is -0.0932. The summed E-state index contributed by atoms with van der Waals surface area (Å²) in [6.45, 7) is 0.743. The molecule has 3 nitrogen and oxygen atoms in total. The summed E-state index contributed by atoms with van der Waals surface area (Å²) in [6.07, 6.45) is 0. The van der Waals surface area contributed by atoms with E-state index in [0.717, 1.165) is 12.1 Å². The summed E-state index contributed by atoms with van der Waals surface area (Å²) in [7, 11) is 3.92. The highest BCUT2D eigenvalue weighted by atomic mass is 35.5. The molecule has 2 N–H and O–H groups in total. The van der Waals surface area contributed by atoms with Gasteiger partial charge in [0.2, 0.25) is 0 Å². The smallest absolute Gasteiger partial charge is 0.101 e. The van der Waals surface area contributed by atoms with Crippen molar-refractivity contribution < 1.29 is 0 Å². The Morgan fingerprint density at radius 2 is 2.20 bits per heavy atom. The molecule has 0 bridgehead atoms. The van der Waals surface area contributed by atoms with Crippen molar-refractivity contribution in [2.24, 2.45) is 5.73 Å². The van der Waals surface area contributed by atoms with Crippen molar-refractivity contribution in [3.8, 4) is 6.07 Å². The molecule has 1 aromatic rings. The van der Waals surface area contributed by atoms with Gasteiger partial charge in [-0.3, -0.25) is 0 Å². The van der Waals surface area contributed by atoms with E-state index >= 15 is 0 Å². The number of nitriles is 1. The Bertz CT molecular complexity index is 382. The van der Waals surface area contributed by atoms with E-state index in [9.17, 15) is 0 Å². The fourth-order valence-electron chi connectivity index (χ4n) is 1.36. The average molecular weight is 224 g/mol. The standard InChI is InChI=1S/C11H14ClN3/c1-15(2)7-11(14)8-3-4-10(12)9(5-8)6-13/h3-5,11H,7,14H2,1-2H3. The van der Waals surface area contributed by atoms with Gasteiger partial charge in [0.25, 0.3) is 0 Å². The molecule has 0 fully saturated rings. The Labute approximate surface area is 95.1 Å². The van der Waals surface area contributed by atoms with Crippen molar-refractivity contribution >= 4 is 11.6 Å². The lowest BCUT2D eigenvalue weighted by atomic mass is 10.0. The molecular weight excluding hydrogens is 210 g/mol. The molecule has 1 unspecified atom stereocenters. The van der Waals surface area contributed by atoms with Gasteiger partial charge in [0.15, 0.2) is 0 Å². The highest BCUT2D eigenvalue weighted by Crippen LogP contribution is 2.20. The number of rotatable bonds is 3. The summed E-state index contributed by atoms with van der Waals surface area (Å²) in [4.78, 5) is 2.01. The van der Waals surface area contributed by atoms with Gasteiger partial charge in [-0.15, -0.1) is 0 Å². The maximum Gasteiger partial charge on any atom is 0.101 e. The first-order valence-electron chi connectivity index (χ1n) is 4.64. The minimum Gasteiger partial charge on any atom is -0.323 e. The summed E-state index contributed by atoms with van der Waals surface area (Å²) in [5.74, 6) is 0. The van der Waals surface area contributed by atoms with Crippen molar-refractivity contribution in [3.05, 3.63) is 34.3 Å². The van der Waals surface area contributed by atoms with Gasteiger partial charge in [0, 0.05) is 12.6 Å². The van der Waals surface area contributed by atoms with E-state index < -0.39 is 0 Å². The quantitative estimate of drug-likeness (QED) is 0.850. The lowest BCUT2D eigenvalue weighted by Crippen LogP contribution is -2.26. The van der Waals surface area contributed by atoms with Crippen LogP contribution >= 0.6 is 11.6 Å². The van der Waals surface area contributed by atoms with Gasteiger partial charge < -0.3 is 10.6 Å². The maximum absolute atomic E-state index is 8.82. The third-order valence-corrected chi connectivity index (χ3v) is 2.43. The van der Waals surface area contributed by atoms with Gasteiger partial charge in [0.05, 0.1) is 10.6 Å². The van der Waals surface area contributed by atoms with Crippen molar-refractivity contribution in [1.82, 2.24) is 4.90 Å². The molecule has 0 saturated carbocycles. The Morgan fingerprint density at radius 1 is 1.53 bits per heavy atom. The Hall–Kier alpha value is -1.08. The van der Waals surface area contributed by atoms with E-state index in [1.54, 1.807) is 12.1 Å². The van der Waals surface area contributed by atoms with Crippen molar-refractivity contribution in [1.29, 1.82) is 5.26 Å². The van der Waals surface area contributed by atoms with Gasteiger partial charge in [-0.2, -0.15) is 5.26 Å². The molecule has 0 spiro atoms. The zero-order valence-electron chi connectivity index (χ0n) is 8.87. The zero-order chi connectivity index (χ0) is 11.4. The fraction of sp³-hybridized carbons (Fsp3) is 0.364. The van der Waals surface area contributed by atoms with Gasteiger partial charge in [-0.25, -0.2) is 0 Å². The van der Waals surface area contributed by atoms with Crippen molar-refractivity contribution in [3.63, 3.8) is 0 Å². The van der Waals surface area contributed by atoms with Crippen LogP contribution in [0.5, 0.6) is 0 Å². The number of nitrogens with zero attached hydrogens (tertiary/aromatic N) is 2. The Balaban J connectivity index is 2.92. The van der Waals surface area contributed by atoms with E-state index in [2.05, 4.69) is 0 Å². The van der Waals surface area contributed by atoms with Gasteiger partial charge in [0.1, 0.15) is 6.07 Å². The second-order valence-electron chi connectivity index (χ2n) is 3.72. The summed E-state index contributed by atoms with van der Waals surface area (Å²) < 4.78 is 0. The molecule has 1 rings (SSSR count). The van der Waals surface area contributed by atoms with Crippen molar-refractivity contribution in [2.45, 2.75) is 6.04 Å². The summed E-state index contributed by atoms with van der Waals surface area (Å²) in [5.41, 5.74) is 7.39. The molecule has 0 aliphatic heterocycles. The Kier molecular flexibility index (Phi) is 4.10. The van der Waals surface area contributed by atoms with Crippen LogP contribution in [0.2, 0.25) is 5.02 Å². The number of nitrogens with two attached hydrogens (primary N) is 1. The molecule has 0 aliphatic rings. The summed E-state index contributed by atoms with van der Waals surface area (Å²) >= 11 is 5.83. The first-order chi connectivity index (χ1) is 7.04. The highest BCUT2D eigenvalue weighted by Gasteiger charge is 2.09. The lowest BCUT2D eigenvalue weighted by molar-refractivity contribution is 0.376. The van der Waals surface area contributed by atoms with Crippen LogP contribution in [0.25, 0.3) is 0 Å². The van der Waals surface area contributed by atoms with Gasteiger partial charge >= 0.3 is 0 Å². The number of halogens is 1. The molecule has 1 atom stereocenters. The van der Waals surface area contributed by atoms with Crippen LogP contribution in [0.15, 0.2) is 18.2 Å². The monoisotopic (exact) mass is 223 g/mol. The zero-order valence-corrected chi connectivity index (χ0v) is 9.62. The highest BCUT2D eigenvalue weighted by molar-refractivity contribution is 6.31. The van der Waals surface area contributed by atoms with Crippen LogP contribution in [0, 0.1) is 11.3 Å². The second-order valence-corrected chi connectivity index (χ2v) is 4.13. The summed E-state index contributed by atoms with van der Waals surface area (Å²) in [5, 5.41) is 9.29. The van der Waals surface area contributed by atoms with Crippen LogP contribution in [-0.2, 0) is 0 Å². The number of hydrogen-bond acceptors (Lipinski definition) is 3. The molecule has 0 radical (unpaired) electrons. The van der Waals surface area contributed by atoms with Crippen LogP contribution in [-0.4, -0.2) is 25.5 Å². The molecule has 80 valence electrons. The predicted octanol–water partition coefficient (Wildman–Crippen LogP) is 1.77. The van der Waals surface area contributed by atoms with Crippen molar-refractivity contribution in [2.75, 3.05) is 20.6 Å². The van der Waals surface area contributed by atoms with E-state index in [-0.39, 0.29) is 6.04 Å². The lowest BCUT2D eigenvalue weighted by Gasteiger charge is -2.17. The normalized spacial score (nSPS) is 12.5. The van der Waals surface area contributed by atoms with Crippen LogP contribution in [0.3, 0.4) is 0 Å². The topological polar surface area (TPSA) is 53.0 Å². The first-order valence-corrected chi connectivity index (χ1v) is 5.02. The van der Waals surface area contributed by atoms with Crippen LogP contribution in [0.1, 0.15) is 17.2 Å². The van der Waals surface area contributed by atoms with Gasteiger partial charge in [-0.05, 0) is 31.8 Å². The van der Waals surface area contributed by atoms with Gasteiger partial charge in [-0.1, -0.05) is 17.7 Å². The number of likely N-dealkylation sites (N-methyl/N-ethyl adjacent to an activating group) is 1. The van der Waals surface area contributed by atoms with E-state index in [1.807, 2.05) is 31.1 Å². The SMILES string of the molecule is CN(C)CC(N)c1ccc(Cl)c(C#N)c1. The average Bonchev–Trinajstić information content (AvgIpc) is 2.17. The molecule has 0 heterocycles. The molecular formula is C11H14ClN3. The van der Waals surface area contributed by atoms with E-state index in [0.29, 0.717) is 10.6 Å². The molecule has 0 aliphatic carbocycles. The van der Waals surface area contributed by atoms with Crippen LogP contribution < -0.4 is 5.73 Å². The second kappa shape index (κ2) is 5.13. The van der Waals surface area contributed by atoms with Crippen LogP contribution in [0.4, 0.5) is 0 Å². The first kappa shape index (κ1) is 12.0. The molecule has 15 heavy (non-hydrogen) atoms. The van der Waals surface area contributed by atoms with E-state index in [4.69, 9.17) is 22.6 Å². The summed E-state index contributed by atoms with van der Waals surface area (Å²) in [6, 6.07) is 7.27. The predicted molar refractivity (Wildman–Crippen MR) is 61.6 cm³/mol. The molecule has 0 aromatic heterocycles. The van der Waals surface area contributed by atoms with E-state index in [1.165, 1.54) is 0 Å².